The van der Waals surface area contributed by atoms with Crippen molar-refractivity contribution in [1.29, 1.82) is 0 Å². The Morgan fingerprint density at radius 1 is 1.15 bits per heavy atom. The van der Waals surface area contributed by atoms with Gasteiger partial charge in [-0.15, -0.1) is 0 Å². The van der Waals surface area contributed by atoms with Gasteiger partial charge in [0, 0.05) is 10.0 Å². The number of nitrogens with one attached hydrogen (secondary N) is 1. The molecule has 2 aromatic carbocycles. The predicted octanol–water partition coefficient (Wildman–Crippen LogP) is 2.62. The number of aromatic hydroxyl groups is 2. The first kappa shape index (κ1) is 14.1. The van der Waals surface area contributed by atoms with E-state index in [-0.39, 0.29) is 17.4 Å². The number of nitrogens with zero attached hydrogens (tertiary/aromatic N) is 1. The van der Waals surface area contributed by atoms with E-state index in [4.69, 9.17) is 5.11 Å². The van der Waals surface area contributed by atoms with Gasteiger partial charge >= 0.3 is 0 Å². The number of benzene rings is 2. The van der Waals surface area contributed by atoms with Gasteiger partial charge in [0.05, 0.1) is 6.21 Å². The molecule has 0 atom stereocenters. The summed E-state index contributed by atoms with van der Waals surface area (Å²) < 4.78 is 0.803. The van der Waals surface area contributed by atoms with E-state index in [2.05, 4.69) is 26.5 Å². The van der Waals surface area contributed by atoms with Gasteiger partial charge < -0.3 is 10.2 Å². The molecule has 0 saturated carbocycles. The zero-order chi connectivity index (χ0) is 14.5. The van der Waals surface area contributed by atoms with E-state index in [1.807, 2.05) is 6.07 Å². The van der Waals surface area contributed by atoms with Crippen LogP contribution in [0, 0.1) is 0 Å². The minimum Gasteiger partial charge on any atom is -0.504 e. The number of amides is 1. The van der Waals surface area contributed by atoms with Crippen molar-refractivity contribution in [3.8, 4) is 11.5 Å². The van der Waals surface area contributed by atoms with Gasteiger partial charge in [-0.25, -0.2) is 5.43 Å². The smallest absolute Gasteiger partial charge is 0.271 e. The molecule has 0 spiro atoms. The maximum absolute atomic E-state index is 11.8. The number of rotatable bonds is 3. The second kappa shape index (κ2) is 6.21. The maximum Gasteiger partial charge on any atom is 0.271 e. The van der Waals surface area contributed by atoms with E-state index in [9.17, 15) is 9.90 Å². The summed E-state index contributed by atoms with van der Waals surface area (Å²) in [5.41, 5.74) is 3.40. The number of phenols is 2. The van der Waals surface area contributed by atoms with Crippen LogP contribution in [0.4, 0.5) is 0 Å². The summed E-state index contributed by atoms with van der Waals surface area (Å²) in [6.07, 6.45) is 1.37. The standard InChI is InChI=1S/C14H11BrN2O3/c15-11-3-1-2-10(7-11)14(20)17-16-8-9-4-5-12(18)13(19)6-9/h1-8,18-19H,(H,17,20)/b16-8-. The molecule has 0 heterocycles. The van der Waals surface area contributed by atoms with Gasteiger partial charge in [0.2, 0.25) is 0 Å². The van der Waals surface area contributed by atoms with E-state index in [0.717, 1.165) is 4.47 Å². The Balaban J connectivity index is 2.02. The number of carbonyl (C=O) groups is 1. The molecule has 1 amide bonds. The number of hydrogen-bond acceptors (Lipinski definition) is 4. The zero-order valence-electron chi connectivity index (χ0n) is 10.2. The van der Waals surface area contributed by atoms with Crippen LogP contribution in [-0.4, -0.2) is 22.3 Å². The van der Waals surface area contributed by atoms with Gasteiger partial charge in [-0.1, -0.05) is 22.0 Å². The molecule has 5 nitrogen and oxygen atoms in total. The van der Waals surface area contributed by atoms with Crippen LogP contribution in [0.2, 0.25) is 0 Å². The van der Waals surface area contributed by atoms with Crippen LogP contribution in [0.1, 0.15) is 15.9 Å². The van der Waals surface area contributed by atoms with Crippen molar-refractivity contribution >= 4 is 28.1 Å². The molecule has 0 unspecified atom stereocenters. The lowest BCUT2D eigenvalue weighted by molar-refractivity contribution is 0.0955. The average molecular weight is 335 g/mol. The maximum atomic E-state index is 11.8. The fourth-order valence-electron chi connectivity index (χ4n) is 1.48. The molecule has 0 aliphatic heterocycles. The minimum absolute atomic E-state index is 0.208. The van der Waals surface area contributed by atoms with Crippen LogP contribution in [0.3, 0.4) is 0 Å². The van der Waals surface area contributed by atoms with Crippen molar-refractivity contribution in [1.82, 2.24) is 5.43 Å². The lowest BCUT2D eigenvalue weighted by atomic mass is 10.2. The van der Waals surface area contributed by atoms with Crippen LogP contribution in [0.15, 0.2) is 52.0 Å². The molecule has 0 bridgehead atoms. The normalized spacial score (nSPS) is 10.7. The number of hydrazone groups is 1. The van der Waals surface area contributed by atoms with Crippen LogP contribution in [0.5, 0.6) is 11.5 Å². The Kier molecular flexibility index (Phi) is 4.37. The van der Waals surface area contributed by atoms with Gasteiger partial charge in [-0.2, -0.15) is 5.10 Å². The third-order valence-electron chi connectivity index (χ3n) is 2.47. The summed E-state index contributed by atoms with van der Waals surface area (Å²) in [5, 5.41) is 22.3. The molecule has 2 aromatic rings. The third kappa shape index (κ3) is 3.58. The third-order valence-corrected chi connectivity index (χ3v) is 2.96. The second-order valence-corrected chi connectivity index (χ2v) is 4.87. The molecule has 0 radical (unpaired) electrons. The fourth-order valence-corrected chi connectivity index (χ4v) is 1.88. The molecule has 0 saturated heterocycles. The first-order valence-corrected chi connectivity index (χ1v) is 6.46. The highest BCUT2D eigenvalue weighted by molar-refractivity contribution is 9.10. The highest BCUT2D eigenvalue weighted by atomic mass is 79.9. The molecule has 0 aliphatic rings. The first-order chi connectivity index (χ1) is 9.56. The summed E-state index contributed by atoms with van der Waals surface area (Å²) in [7, 11) is 0. The van der Waals surface area contributed by atoms with Crippen molar-refractivity contribution in [3.63, 3.8) is 0 Å². The van der Waals surface area contributed by atoms with Crippen molar-refractivity contribution < 1.29 is 15.0 Å². The van der Waals surface area contributed by atoms with E-state index >= 15 is 0 Å². The van der Waals surface area contributed by atoms with Crippen molar-refractivity contribution in [2.24, 2.45) is 5.10 Å². The molecule has 0 aromatic heterocycles. The van der Waals surface area contributed by atoms with E-state index < -0.39 is 0 Å². The van der Waals surface area contributed by atoms with E-state index in [1.54, 1.807) is 24.3 Å². The topological polar surface area (TPSA) is 81.9 Å². The molecule has 0 fully saturated rings. The first-order valence-electron chi connectivity index (χ1n) is 5.67. The van der Waals surface area contributed by atoms with E-state index in [0.29, 0.717) is 11.1 Å². The Labute approximate surface area is 123 Å². The summed E-state index contributed by atoms with van der Waals surface area (Å²) in [6.45, 7) is 0. The molecule has 3 N–H and O–H groups in total. The Bertz CT molecular complexity index is 671. The zero-order valence-corrected chi connectivity index (χ0v) is 11.8. The largest absolute Gasteiger partial charge is 0.504 e. The quantitative estimate of drug-likeness (QED) is 0.458. The average Bonchev–Trinajstić information content (AvgIpc) is 2.42. The van der Waals surface area contributed by atoms with Crippen LogP contribution >= 0.6 is 15.9 Å². The molecule has 0 aliphatic carbocycles. The van der Waals surface area contributed by atoms with Crippen LogP contribution in [-0.2, 0) is 0 Å². The fraction of sp³-hybridized carbons (Fsp3) is 0. The molecule has 2 rings (SSSR count). The summed E-state index contributed by atoms with van der Waals surface area (Å²) in [5.74, 6) is -0.793. The van der Waals surface area contributed by atoms with Crippen molar-refractivity contribution in [2.75, 3.05) is 0 Å². The SMILES string of the molecule is O=C(N/N=C\c1ccc(O)c(O)c1)c1cccc(Br)c1. The molecule has 20 heavy (non-hydrogen) atoms. The Morgan fingerprint density at radius 2 is 1.95 bits per heavy atom. The van der Waals surface area contributed by atoms with Gasteiger partial charge in [-0.05, 0) is 42.0 Å². The second-order valence-electron chi connectivity index (χ2n) is 3.96. The summed E-state index contributed by atoms with van der Waals surface area (Å²) in [4.78, 5) is 11.8. The number of hydrogen-bond donors (Lipinski definition) is 3. The highest BCUT2D eigenvalue weighted by Gasteiger charge is 2.04. The van der Waals surface area contributed by atoms with E-state index in [1.165, 1.54) is 18.3 Å². The number of carbonyl (C=O) groups excluding carboxylic acids is 1. The number of halogens is 1. The van der Waals surface area contributed by atoms with Gasteiger partial charge in [0.1, 0.15) is 0 Å². The summed E-state index contributed by atoms with van der Waals surface area (Å²) >= 11 is 3.28. The molecular weight excluding hydrogens is 324 g/mol. The summed E-state index contributed by atoms with van der Waals surface area (Å²) in [6, 6.07) is 11.2. The Morgan fingerprint density at radius 3 is 2.65 bits per heavy atom. The number of phenolic OH excluding ortho intramolecular Hbond substituents is 2. The van der Waals surface area contributed by atoms with Gasteiger partial charge in [0.15, 0.2) is 11.5 Å². The minimum atomic E-state index is -0.342. The Hall–Kier alpha value is -2.34. The molecular formula is C14H11BrN2O3. The molecule has 102 valence electrons. The monoisotopic (exact) mass is 334 g/mol. The lowest BCUT2D eigenvalue weighted by Crippen LogP contribution is -2.17. The van der Waals surface area contributed by atoms with Gasteiger partial charge in [-0.3, -0.25) is 4.79 Å². The predicted molar refractivity (Wildman–Crippen MR) is 79.0 cm³/mol. The van der Waals surface area contributed by atoms with Crippen LogP contribution < -0.4 is 5.43 Å². The van der Waals surface area contributed by atoms with Crippen molar-refractivity contribution in [3.05, 3.63) is 58.1 Å². The van der Waals surface area contributed by atoms with Crippen LogP contribution in [0.25, 0.3) is 0 Å². The van der Waals surface area contributed by atoms with Gasteiger partial charge in [0.25, 0.3) is 5.91 Å². The molecule has 6 heteroatoms. The highest BCUT2D eigenvalue weighted by Crippen LogP contribution is 2.23. The van der Waals surface area contributed by atoms with Crippen molar-refractivity contribution in [2.45, 2.75) is 0 Å². The lowest BCUT2D eigenvalue weighted by Gasteiger charge is -2.01.